The molecule has 0 heterocycles. The molecule has 164 valence electrons. The zero-order valence-electron chi connectivity index (χ0n) is 16.0. The number of nitrogens with two attached hydrogens (primary N) is 2. The van der Waals surface area contributed by atoms with E-state index in [4.69, 9.17) is 11.5 Å². The highest BCUT2D eigenvalue weighted by Crippen LogP contribution is 2.49. The van der Waals surface area contributed by atoms with Crippen LogP contribution in [0.3, 0.4) is 0 Å². The fourth-order valence-electron chi connectivity index (χ4n) is 3.06. The molecule has 1 aromatic rings. The lowest BCUT2D eigenvalue weighted by Gasteiger charge is -2.27. The molecule has 12 heteroatoms. The van der Waals surface area contributed by atoms with Crippen molar-refractivity contribution >= 4 is 21.7 Å². The van der Waals surface area contributed by atoms with E-state index in [0.29, 0.717) is 25.2 Å². The van der Waals surface area contributed by atoms with Crippen molar-refractivity contribution in [2.24, 2.45) is 16.5 Å². The van der Waals surface area contributed by atoms with Gasteiger partial charge in [-0.05, 0) is 30.4 Å². The predicted octanol–water partition coefficient (Wildman–Crippen LogP) is 3.45. The molecule has 1 amide bonds. The largest absolute Gasteiger partial charge is 0.458 e. The molecule has 0 spiro atoms. The smallest absolute Gasteiger partial charge is 0.370 e. The van der Waals surface area contributed by atoms with E-state index in [0.717, 1.165) is 6.07 Å². The van der Waals surface area contributed by atoms with E-state index in [-0.39, 0.29) is 12.0 Å². The second-order valence-corrected chi connectivity index (χ2v) is 8.44. The van der Waals surface area contributed by atoms with Crippen LogP contribution in [0.4, 0.5) is 22.0 Å². The van der Waals surface area contributed by atoms with Crippen LogP contribution < -0.4 is 11.5 Å². The Kier molecular flexibility index (Phi) is 7.39. The first-order valence-electron chi connectivity index (χ1n) is 8.55. The van der Waals surface area contributed by atoms with E-state index in [1.54, 1.807) is 13.8 Å². The number of carbonyl (C=O) groups excluding carboxylic acids is 1. The van der Waals surface area contributed by atoms with Gasteiger partial charge in [-0.25, -0.2) is 8.42 Å². The Morgan fingerprint density at radius 2 is 1.69 bits per heavy atom. The maximum atomic E-state index is 14.5. The minimum atomic E-state index is -6.16. The van der Waals surface area contributed by atoms with Crippen molar-refractivity contribution in [2.45, 2.75) is 56.0 Å². The summed E-state index contributed by atoms with van der Waals surface area (Å²) in [5.74, 6) is -8.74. The third-order valence-electron chi connectivity index (χ3n) is 4.26. The molecular weight excluding hydrogens is 421 g/mol. The molecule has 0 aromatic heterocycles. The minimum absolute atomic E-state index is 0.211. The van der Waals surface area contributed by atoms with Crippen LogP contribution in [0, 0.1) is 0 Å². The lowest BCUT2D eigenvalue weighted by Crippen LogP contribution is -2.37. The third-order valence-corrected chi connectivity index (χ3v) is 5.44. The molecule has 1 rings (SSSR count). The number of aliphatic imine (C=N–C) groups is 1. The maximum absolute atomic E-state index is 14.5. The van der Waals surface area contributed by atoms with Crippen molar-refractivity contribution in [1.29, 1.82) is 0 Å². The van der Waals surface area contributed by atoms with Crippen LogP contribution in [0.15, 0.2) is 22.0 Å². The highest BCUT2D eigenvalue weighted by atomic mass is 32.2. The molecule has 0 bridgehead atoms. The first kappa shape index (κ1) is 24.8. The summed E-state index contributed by atoms with van der Waals surface area (Å²) in [5, 5.41) is 0. The standard InChI is InChI=1S/C17H22F5N3O3S/c1-4-6-9(5-2)10-7-8-11(14(26)25-15(23)24)12(13(10)29(3,27)28)16(18,19)17(20,21)22/h7-9H,4-6H2,1-3H3,(H4,23,24,25,26). The van der Waals surface area contributed by atoms with E-state index in [1.165, 1.54) is 0 Å². The van der Waals surface area contributed by atoms with Gasteiger partial charge in [-0.2, -0.15) is 26.9 Å². The summed E-state index contributed by atoms with van der Waals surface area (Å²) in [7, 11) is -4.61. The number of sulfone groups is 1. The average Bonchev–Trinajstić information content (AvgIpc) is 2.55. The van der Waals surface area contributed by atoms with E-state index in [2.05, 4.69) is 4.99 Å². The molecule has 4 N–H and O–H groups in total. The molecule has 1 unspecified atom stereocenters. The number of nitrogens with zero attached hydrogens (tertiary/aromatic N) is 1. The lowest BCUT2D eigenvalue weighted by molar-refractivity contribution is -0.290. The fraction of sp³-hybridized carbons (Fsp3) is 0.529. The summed E-state index contributed by atoms with van der Waals surface area (Å²) in [4.78, 5) is 13.9. The van der Waals surface area contributed by atoms with Crippen LogP contribution in [0.25, 0.3) is 0 Å². The van der Waals surface area contributed by atoms with Crippen LogP contribution in [0.5, 0.6) is 0 Å². The summed E-state index contributed by atoms with van der Waals surface area (Å²) in [6.45, 7) is 3.40. The molecule has 0 saturated carbocycles. The van der Waals surface area contributed by atoms with Crippen molar-refractivity contribution in [3.63, 3.8) is 0 Å². The Morgan fingerprint density at radius 1 is 1.14 bits per heavy atom. The molecule has 0 aliphatic carbocycles. The number of rotatable bonds is 7. The number of hydrogen-bond acceptors (Lipinski definition) is 3. The van der Waals surface area contributed by atoms with Crippen LogP contribution >= 0.6 is 0 Å². The average molecular weight is 443 g/mol. The lowest BCUT2D eigenvalue weighted by atomic mass is 9.87. The van der Waals surface area contributed by atoms with Crippen molar-refractivity contribution in [3.05, 3.63) is 28.8 Å². The molecule has 0 saturated heterocycles. The molecule has 0 radical (unpaired) electrons. The summed E-state index contributed by atoms with van der Waals surface area (Å²) >= 11 is 0. The molecular formula is C17H22F5N3O3S. The molecule has 6 nitrogen and oxygen atoms in total. The first-order chi connectivity index (χ1) is 13.1. The molecule has 1 atom stereocenters. The number of benzene rings is 1. The summed E-state index contributed by atoms with van der Waals surface area (Å²) in [6.07, 6.45) is -4.49. The summed E-state index contributed by atoms with van der Waals surface area (Å²) in [6, 6.07) is 1.76. The van der Waals surface area contributed by atoms with Crippen molar-refractivity contribution in [3.8, 4) is 0 Å². The molecule has 29 heavy (non-hydrogen) atoms. The van der Waals surface area contributed by atoms with Crippen LogP contribution in [-0.4, -0.2) is 32.7 Å². The van der Waals surface area contributed by atoms with E-state index >= 15 is 0 Å². The van der Waals surface area contributed by atoms with E-state index in [1.807, 2.05) is 0 Å². The van der Waals surface area contributed by atoms with E-state index < -0.39 is 55.7 Å². The van der Waals surface area contributed by atoms with Gasteiger partial charge in [-0.15, -0.1) is 0 Å². The Labute approximate surface area is 165 Å². The van der Waals surface area contributed by atoms with Gasteiger partial charge >= 0.3 is 12.1 Å². The van der Waals surface area contributed by atoms with Gasteiger partial charge in [0.15, 0.2) is 15.8 Å². The van der Waals surface area contributed by atoms with Crippen LogP contribution in [0.2, 0.25) is 0 Å². The van der Waals surface area contributed by atoms with Gasteiger partial charge in [0.1, 0.15) is 0 Å². The van der Waals surface area contributed by atoms with Gasteiger partial charge in [0.25, 0.3) is 5.91 Å². The molecule has 0 aliphatic rings. The topological polar surface area (TPSA) is 116 Å². The third kappa shape index (κ3) is 5.22. The second-order valence-electron chi connectivity index (χ2n) is 6.49. The minimum Gasteiger partial charge on any atom is -0.370 e. The molecule has 0 aliphatic heterocycles. The van der Waals surface area contributed by atoms with Crippen molar-refractivity contribution < 1.29 is 35.2 Å². The van der Waals surface area contributed by atoms with Gasteiger partial charge < -0.3 is 11.5 Å². The number of hydrogen-bond donors (Lipinski definition) is 2. The summed E-state index contributed by atoms with van der Waals surface area (Å²) < 4.78 is 93.4. The fourth-order valence-corrected chi connectivity index (χ4v) is 4.33. The Morgan fingerprint density at radius 3 is 2.07 bits per heavy atom. The maximum Gasteiger partial charge on any atom is 0.458 e. The highest BCUT2D eigenvalue weighted by Gasteiger charge is 2.62. The number of halogens is 5. The Balaban J connectivity index is 4.18. The second kappa shape index (κ2) is 8.64. The molecule has 0 fully saturated rings. The zero-order valence-corrected chi connectivity index (χ0v) is 16.8. The summed E-state index contributed by atoms with van der Waals surface area (Å²) in [5.41, 5.74) is 6.62. The van der Waals surface area contributed by atoms with Crippen LogP contribution in [-0.2, 0) is 15.8 Å². The number of guanidine groups is 1. The van der Waals surface area contributed by atoms with Gasteiger partial charge in [0, 0.05) is 6.26 Å². The van der Waals surface area contributed by atoms with Gasteiger partial charge in [-0.1, -0.05) is 26.3 Å². The highest BCUT2D eigenvalue weighted by molar-refractivity contribution is 7.90. The SMILES string of the molecule is CCCC(CC)c1ccc(C(=O)N=C(N)N)c(C(F)(F)C(F)(F)F)c1S(C)(=O)=O. The number of alkyl halides is 5. The van der Waals surface area contributed by atoms with Crippen molar-refractivity contribution in [1.82, 2.24) is 0 Å². The zero-order chi connectivity index (χ0) is 22.8. The van der Waals surface area contributed by atoms with Crippen molar-refractivity contribution in [2.75, 3.05) is 6.26 Å². The van der Waals surface area contributed by atoms with Gasteiger partial charge in [0.2, 0.25) is 0 Å². The van der Waals surface area contributed by atoms with Gasteiger partial charge in [0.05, 0.1) is 16.0 Å². The Hall–Kier alpha value is -2.24. The number of amides is 1. The van der Waals surface area contributed by atoms with Crippen LogP contribution in [0.1, 0.15) is 60.5 Å². The first-order valence-corrected chi connectivity index (χ1v) is 10.4. The van der Waals surface area contributed by atoms with Gasteiger partial charge in [-0.3, -0.25) is 4.79 Å². The van der Waals surface area contributed by atoms with E-state index in [9.17, 15) is 35.2 Å². The molecule has 1 aromatic carbocycles. The monoisotopic (exact) mass is 443 g/mol. The Bertz CT molecular complexity index is 908. The normalized spacial score (nSPS) is 13.8. The number of carbonyl (C=O) groups is 1. The quantitative estimate of drug-likeness (QED) is 0.380. The predicted molar refractivity (Wildman–Crippen MR) is 97.6 cm³/mol.